The molecule has 3 heterocycles. The summed E-state index contributed by atoms with van der Waals surface area (Å²) in [4.78, 5) is 12.0. The fourth-order valence-electron chi connectivity index (χ4n) is 2.66. The molecular formula is C13H19N3O3S2. The Kier molecular flexibility index (Phi) is 3.77. The topological polar surface area (TPSA) is 81.1 Å². The molecule has 0 aliphatic carbocycles. The first-order valence-corrected chi connectivity index (χ1v) is 10.0. The number of aromatic nitrogens is 2. The van der Waals surface area contributed by atoms with Gasteiger partial charge in [-0.1, -0.05) is 13.8 Å². The summed E-state index contributed by atoms with van der Waals surface area (Å²) in [5.41, 5.74) is 2.03. The average molecular weight is 329 g/mol. The van der Waals surface area contributed by atoms with E-state index in [-0.39, 0.29) is 29.4 Å². The molecule has 1 saturated heterocycles. The number of carbonyl (C=O) groups excluding carboxylic acids is 1. The first-order chi connectivity index (χ1) is 9.87. The van der Waals surface area contributed by atoms with Crippen LogP contribution >= 0.6 is 11.8 Å². The minimum atomic E-state index is -2.98. The monoisotopic (exact) mass is 329 g/mol. The molecule has 2 aliphatic rings. The maximum Gasteiger partial charge on any atom is 0.228 e. The van der Waals surface area contributed by atoms with Gasteiger partial charge in [0.1, 0.15) is 5.82 Å². The maximum absolute atomic E-state index is 12.0. The number of rotatable bonds is 3. The van der Waals surface area contributed by atoms with Crippen LogP contribution in [0.25, 0.3) is 0 Å². The number of sulfone groups is 1. The number of thioether (sulfide) groups is 1. The molecule has 3 rings (SSSR count). The Balaban J connectivity index is 1.95. The second-order valence-electron chi connectivity index (χ2n) is 5.91. The molecule has 6 nitrogen and oxygen atoms in total. The third-order valence-corrected chi connectivity index (χ3v) is 6.62. The number of amides is 1. The SMILES string of the molecule is CC(C)C(=O)Nc1c2c(nn1C1CCS(=O)(=O)C1)CSC2. The van der Waals surface area contributed by atoms with E-state index in [9.17, 15) is 13.2 Å². The Hall–Kier alpha value is -1.02. The lowest BCUT2D eigenvalue weighted by Gasteiger charge is -2.16. The number of nitrogens with one attached hydrogen (secondary N) is 1. The van der Waals surface area contributed by atoms with Crippen LogP contribution in [0.5, 0.6) is 0 Å². The molecule has 0 aromatic carbocycles. The Labute approximate surface area is 128 Å². The van der Waals surface area contributed by atoms with Crippen molar-refractivity contribution in [3.63, 3.8) is 0 Å². The molecule has 1 N–H and O–H groups in total. The second kappa shape index (κ2) is 5.31. The minimum Gasteiger partial charge on any atom is -0.310 e. The third-order valence-electron chi connectivity index (χ3n) is 3.90. The molecule has 1 fully saturated rings. The Morgan fingerprint density at radius 2 is 2.19 bits per heavy atom. The van der Waals surface area contributed by atoms with Gasteiger partial charge in [0.2, 0.25) is 5.91 Å². The van der Waals surface area contributed by atoms with Gasteiger partial charge in [-0.2, -0.15) is 16.9 Å². The van der Waals surface area contributed by atoms with Gasteiger partial charge in [0.25, 0.3) is 0 Å². The molecule has 21 heavy (non-hydrogen) atoms. The van der Waals surface area contributed by atoms with Gasteiger partial charge in [-0.05, 0) is 6.42 Å². The van der Waals surface area contributed by atoms with E-state index >= 15 is 0 Å². The van der Waals surface area contributed by atoms with Gasteiger partial charge in [0, 0.05) is 23.0 Å². The van der Waals surface area contributed by atoms with Gasteiger partial charge < -0.3 is 5.32 Å². The average Bonchev–Trinajstić information content (AvgIpc) is 3.05. The van der Waals surface area contributed by atoms with Gasteiger partial charge >= 0.3 is 0 Å². The zero-order valence-corrected chi connectivity index (χ0v) is 13.8. The van der Waals surface area contributed by atoms with Crippen LogP contribution in [0.1, 0.15) is 37.6 Å². The highest BCUT2D eigenvalue weighted by atomic mass is 32.2. The Morgan fingerprint density at radius 1 is 1.43 bits per heavy atom. The number of nitrogens with zero attached hydrogens (tertiary/aromatic N) is 2. The number of fused-ring (bicyclic) bond motifs is 1. The van der Waals surface area contributed by atoms with Crippen LogP contribution in [0, 0.1) is 5.92 Å². The van der Waals surface area contributed by atoms with E-state index in [4.69, 9.17) is 0 Å². The van der Waals surface area contributed by atoms with Crippen molar-refractivity contribution in [2.75, 3.05) is 16.8 Å². The molecule has 1 unspecified atom stereocenters. The van der Waals surface area contributed by atoms with Crippen LogP contribution in [0.3, 0.4) is 0 Å². The highest BCUT2D eigenvalue weighted by molar-refractivity contribution is 7.98. The lowest BCUT2D eigenvalue weighted by Crippen LogP contribution is -2.23. The summed E-state index contributed by atoms with van der Waals surface area (Å²) in [6.07, 6.45) is 0.570. The largest absolute Gasteiger partial charge is 0.310 e. The number of hydrogen-bond donors (Lipinski definition) is 1. The van der Waals surface area contributed by atoms with Crippen molar-refractivity contribution in [1.82, 2.24) is 9.78 Å². The van der Waals surface area contributed by atoms with Crippen molar-refractivity contribution >= 4 is 33.3 Å². The van der Waals surface area contributed by atoms with Gasteiger partial charge in [0.05, 0.1) is 23.2 Å². The van der Waals surface area contributed by atoms with Crippen molar-refractivity contribution in [3.05, 3.63) is 11.3 Å². The molecule has 1 amide bonds. The summed E-state index contributed by atoms with van der Waals surface area (Å²) < 4.78 is 25.1. The van der Waals surface area contributed by atoms with E-state index in [2.05, 4.69) is 10.4 Å². The molecule has 0 spiro atoms. The van der Waals surface area contributed by atoms with Crippen LogP contribution in [-0.2, 0) is 26.1 Å². The standard InChI is InChI=1S/C13H19N3O3S2/c1-8(2)13(17)14-12-10-5-20-6-11(10)15-16(12)9-3-4-21(18,19)7-9/h8-9H,3-7H2,1-2H3,(H,14,17). The van der Waals surface area contributed by atoms with Gasteiger partial charge in [-0.15, -0.1) is 0 Å². The molecule has 1 atom stereocenters. The van der Waals surface area contributed by atoms with Gasteiger partial charge in [-0.25, -0.2) is 13.1 Å². The summed E-state index contributed by atoms with van der Waals surface area (Å²) in [5, 5.41) is 7.52. The predicted molar refractivity (Wildman–Crippen MR) is 83.0 cm³/mol. The fraction of sp³-hybridized carbons (Fsp3) is 0.692. The first-order valence-electron chi connectivity index (χ1n) is 7.06. The first kappa shape index (κ1) is 14.9. The predicted octanol–water partition coefficient (Wildman–Crippen LogP) is 1.58. The van der Waals surface area contributed by atoms with Crippen molar-refractivity contribution in [2.24, 2.45) is 5.92 Å². The lowest BCUT2D eigenvalue weighted by molar-refractivity contribution is -0.118. The smallest absolute Gasteiger partial charge is 0.228 e. The van der Waals surface area contributed by atoms with E-state index in [1.807, 2.05) is 13.8 Å². The van der Waals surface area contributed by atoms with E-state index in [1.165, 1.54) is 0 Å². The number of carbonyl (C=O) groups is 1. The Bertz CT molecular complexity index is 679. The quantitative estimate of drug-likeness (QED) is 0.910. The molecule has 0 bridgehead atoms. The summed E-state index contributed by atoms with van der Waals surface area (Å²) in [6.45, 7) is 3.68. The molecule has 2 aliphatic heterocycles. The van der Waals surface area contributed by atoms with Crippen molar-refractivity contribution in [2.45, 2.75) is 37.8 Å². The molecule has 116 valence electrons. The van der Waals surface area contributed by atoms with E-state index in [0.717, 1.165) is 22.8 Å². The van der Waals surface area contributed by atoms with E-state index < -0.39 is 9.84 Å². The summed E-state index contributed by atoms with van der Waals surface area (Å²) >= 11 is 1.76. The molecular weight excluding hydrogens is 310 g/mol. The van der Waals surface area contributed by atoms with E-state index in [1.54, 1.807) is 16.4 Å². The number of anilines is 1. The normalized spacial score (nSPS) is 23.5. The maximum atomic E-state index is 12.0. The highest BCUT2D eigenvalue weighted by Gasteiger charge is 2.34. The molecule has 8 heteroatoms. The molecule has 0 radical (unpaired) electrons. The van der Waals surface area contributed by atoms with Crippen LogP contribution in [-0.4, -0.2) is 35.6 Å². The minimum absolute atomic E-state index is 0.0586. The Morgan fingerprint density at radius 3 is 2.81 bits per heavy atom. The molecule has 0 saturated carbocycles. The van der Waals surface area contributed by atoms with Crippen molar-refractivity contribution < 1.29 is 13.2 Å². The van der Waals surface area contributed by atoms with Crippen LogP contribution in [0.2, 0.25) is 0 Å². The second-order valence-corrected chi connectivity index (χ2v) is 9.13. The zero-order chi connectivity index (χ0) is 15.2. The van der Waals surface area contributed by atoms with Crippen LogP contribution < -0.4 is 5.32 Å². The third kappa shape index (κ3) is 2.83. The van der Waals surface area contributed by atoms with Crippen LogP contribution in [0.4, 0.5) is 5.82 Å². The van der Waals surface area contributed by atoms with Crippen LogP contribution in [0.15, 0.2) is 0 Å². The summed E-state index contributed by atoms with van der Waals surface area (Å²) in [6, 6.07) is -0.159. The zero-order valence-electron chi connectivity index (χ0n) is 12.1. The fourth-order valence-corrected chi connectivity index (χ4v) is 5.39. The summed E-state index contributed by atoms with van der Waals surface area (Å²) in [5.74, 6) is 2.49. The van der Waals surface area contributed by atoms with Crippen molar-refractivity contribution in [3.8, 4) is 0 Å². The number of hydrogen-bond acceptors (Lipinski definition) is 5. The van der Waals surface area contributed by atoms with E-state index in [0.29, 0.717) is 12.2 Å². The van der Waals surface area contributed by atoms with Gasteiger partial charge in [0.15, 0.2) is 9.84 Å². The molecule has 1 aromatic rings. The molecule has 1 aromatic heterocycles. The lowest BCUT2D eigenvalue weighted by atomic mass is 10.2. The van der Waals surface area contributed by atoms with Gasteiger partial charge in [-0.3, -0.25) is 4.79 Å². The van der Waals surface area contributed by atoms with Crippen molar-refractivity contribution in [1.29, 1.82) is 0 Å². The summed E-state index contributed by atoms with van der Waals surface area (Å²) in [7, 11) is -2.98. The highest BCUT2D eigenvalue weighted by Crippen LogP contribution is 2.38.